The second-order valence-corrected chi connectivity index (χ2v) is 5.16. The number of nitrogens with one attached hydrogen (secondary N) is 1. The number of sulfonamides is 1. The number of aromatic nitrogens is 2. The highest BCUT2D eigenvalue weighted by molar-refractivity contribution is 7.89. The minimum absolute atomic E-state index is 0.0108. The molecule has 80 valence electrons. The minimum atomic E-state index is -3.39. The van der Waals surface area contributed by atoms with E-state index in [4.69, 9.17) is 0 Å². The van der Waals surface area contributed by atoms with Crippen LogP contribution in [0.4, 0.5) is 0 Å². The molecule has 1 aromatic rings. The van der Waals surface area contributed by atoms with E-state index in [9.17, 15) is 8.42 Å². The van der Waals surface area contributed by atoms with Crippen LogP contribution in [-0.2, 0) is 10.0 Å². The lowest BCUT2D eigenvalue weighted by Crippen LogP contribution is -2.34. The summed E-state index contributed by atoms with van der Waals surface area (Å²) in [5.41, 5.74) is 0. The van der Waals surface area contributed by atoms with Gasteiger partial charge in [0.1, 0.15) is 0 Å². The van der Waals surface area contributed by atoms with Crippen molar-refractivity contribution in [3.05, 3.63) is 12.5 Å². The Hall–Kier alpha value is -0.880. The van der Waals surface area contributed by atoms with E-state index in [1.54, 1.807) is 7.05 Å². The molecule has 0 radical (unpaired) electrons. The number of hydrogen-bond acceptors (Lipinski definition) is 3. The maximum absolute atomic E-state index is 11.8. The van der Waals surface area contributed by atoms with Crippen LogP contribution in [0.25, 0.3) is 0 Å². The number of H-pyrrole nitrogens is 1. The Morgan fingerprint density at radius 1 is 1.64 bits per heavy atom. The van der Waals surface area contributed by atoms with Gasteiger partial charge in [-0.3, -0.25) is 0 Å². The van der Waals surface area contributed by atoms with Crippen molar-refractivity contribution in [2.75, 3.05) is 7.05 Å². The van der Waals surface area contributed by atoms with Gasteiger partial charge in [0.05, 0.1) is 12.5 Å². The van der Waals surface area contributed by atoms with Gasteiger partial charge in [0, 0.05) is 13.1 Å². The van der Waals surface area contributed by atoms with E-state index in [0.29, 0.717) is 0 Å². The third-order valence-electron chi connectivity index (χ3n) is 2.34. The summed E-state index contributed by atoms with van der Waals surface area (Å²) < 4.78 is 25.0. The lowest BCUT2D eigenvalue weighted by atomic mass is 10.3. The fourth-order valence-electron chi connectivity index (χ4n) is 1.03. The fourth-order valence-corrected chi connectivity index (χ4v) is 2.36. The Balaban J connectivity index is 2.97. The van der Waals surface area contributed by atoms with Crippen LogP contribution in [0.3, 0.4) is 0 Å². The Bertz CT molecular complexity index is 371. The molecule has 0 aliphatic rings. The molecule has 1 N–H and O–H groups in total. The van der Waals surface area contributed by atoms with Crippen LogP contribution >= 0.6 is 0 Å². The zero-order chi connectivity index (χ0) is 10.8. The second kappa shape index (κ2) is 4.10. The van der Waals surface area contributed by atoms with Crippen molar-refractivity contribution in [3.8, 4) is 0 Å². The average Bonchev–Trinajstić information content (AvgIpc) is 2.68. The summed E-state index contributed by atoms with van der Waals surface area (Å²) in [5, 5.41) is 0.139. The summed E-state index contributed by atoms with van der Waals surface area (Å²) in [4.78, 5) is 6.29. The van der Waals surface area contributed by atoms with Crippen LogP contribution in [0.2, 0.25) is 0 Å². The lowest BCUT2D eigenvalue weighted by Gasteiger charge is -2.21. The summed E-state index contributed by atoms with van der Waals surface area (Å²) in [7, 11) is -1.82. The Morgan fingerprint density at radius 2 is 2.29 bits per heavy atom. The van der Waals surface area contributed by atoms with Crippen LogP contribution in [-0.4, -0.2) is 35.8 Å². The Morgan fingerprint density at radius 3 is 2.71 bits per heavy atom. The molecule has 0 saturated heterocycles. The molecule has 0 aromatic carbocycles. The molecule has 1 unspecified atom stereocenters. The Labute approximate surface area is 84.2 Å². The van der Waals surface area contributed by atoms with Gasteiger partial charge in [-0.05, 0) is 13.3 Å². The zero-order valence-electron chi connectivity index (χ0n) is 8.56. The van der Waals surface area contributed by atoms with Gasteiger partial charge in [-0.2, -0.15) is 4.31 Å². The van der Waals surface area contributed by atoms with Crippen molar-refractivity contribution in [2.45, 2.75) is 31.3 Å². The molecule has 0 spiro atoms. The first-order chi connectivity index (χ1) is 6.50. The predicted molar refractivity (Wildman–Crippen MR) is 53.3 cm³/mol. The molecule has 0 saturated carbocycles. The van der Waals surface area contributed by atoms with Crippen molar-refractivity contribution in [2.24, 2.45) is 0 Å². The van der Waals surface area contributed by atoms with Crippen LogP contribution in [0.1, 0.15) is 20.3 Å². The van der Waals surface area contributed by atoms with Gasteiger partial charge in [-0.15, -0.1) is 0 Å². The SMILES string of the molecule is CCC(C)N(C)S(=O)(=O)c1cnc[nH]1. The third-order valence-corrected chi connectivity index (χ3v) is 4.24. The molecule has 0 fully saturated rings. The topological polar surface area (TPSA) is 66.1 Å². The monoisotopic (exact) mass is 217 g/mol. The summed E-state index contributed by atoms with van der Waals surface area (Å²) >= 11 is 0. The maximum atomic E-state index is 11.8. The van der Waals surface area contributed by atoms with Gasteiger partial charge in [0.2, 0.25) is 0 Å². The molecule has 14 heavy (non-hydrogen) atoms. The number of rotatable bonds is 4. The third kappa shape index (κ3) is 1.96. The molecule has 1 aromatic heterocycles. The van der Waals surface area contributed by atoms with Gasteiger partial charge in [0.25, 0.3) is 10.0 Å². The van der Waals surface area contributed by atoms with Crippen LogP contribution in [0.5, 0.6) is 0 Å². The van der Waals surface area contributed by atoms with Crippen molar-refractivity contribution in [1.29, 1.82) is 0 Å². The van der Waals surface area contributed by atoms with Gasteiger partial charge in [0.15, 0.2) is 5.03 Å². The highest BCUT2D eigenvalue weighted by Gasteiger charge is 2.25. The Kier molecular flexibility index (Phi) is 3.28. The molecule has 6 heteroatoms. The molecule has 0 aliphatic heterocycles. The number of imidazole rings is 1. The van der Waals surface area contributed by atoms with E-state index in [0.717, 1.165) is 6.42 Å². The van der Waals surface area contributed by atoms with E-state index >= 15 is 0 Å². The molecule has 0 aliphatic carbocycles. The van der Waals surface area contributed by atoms with Gasteiger partial charge in [-0.25, -0.2) is 13.4 Å². The van der Waals surface area contributed by atoms with Crippen molar-refractivity contribution in [3.63, 3.8) is 0 Å². The van der Waals surface area contributed by atoms with E-state index in [1.165, 1.54) is 16.8 Å². The van der Waals surface area contributed by atoms with Gasteiger partial charge >= 0.3 is 0 Å². The molecular weight excluding hydrogens is 202 g/mol. The van der Waals surface area contributed by atoms with Gasteiger partial charge in [-0.1, -0.05) is 6.92 Å². The summed E-state index contributed by atoms with van der Waals surface area (Å²) in [6.07, 6.45) is 3.45. The van der Waals surface area contributed by atoms with Crippen LogP contribution in [0, 0.1) is 0 Å². The van der Waals surface area contributed by atoms with Crippen LogP contribution in [0.15, 0.2) is 17.6 Å². The number of hydrogen-bond donors (Lipinski definition) is 1. The van der Waals surface area contributed by atoms with Gasteiger partial charge < -0.3 is 4.98 Å². The first-order valence-electron chi connectivity index (χ1n) is 4.46. The number of aromatic amines is 1. The maximum Gasteiger partial charge on any atom is 0.260 e. The van der Waals surface area contributed by atoms with E-state index in [1.807, 2.05) is 13.8 Å². The molecule has 0 amide bonds. The summed E-state index contributed by atoms with van der Waals surface area (Å²) in [6, 6.07) is -0.0108. The first kappa shape index (κ1) is 11.2. The molecule has 1 heterocycles. The average molecular weight is 217 g/mol. The smallest absolute Gasteiger partial charge is 0.260 e. The first-order valence-corrected chi connectivity index (χ1v) is 5.90. The zero-order valence-corrected chi connectivity index (χ0v) is 9.37. The molecule has 0 bridgehead atoms. The van der Waals surface area contributed by atoms with Crippen molar-refractivity contribution < 1.29 is 8.42 Å². The molecule has 1 atom stereocenters. The molecule has 5 nitrogen and oxygen atoms in total. The highest BCUT2D eigenvalue weighted by atomic mass is 32.2. The lowest BCUT2D eigenvalue weighted by molar-refractivity contribution is 0.379. The largest absolute Gasteiger partial charge is 0.335 e. The van der Waals surface area contributed by atoms with E-state index in [2.05, 4.69) is 9.97 Å². The summed E-state index contributed by atoms with van der Waals surface area (Å²) in [6.45, 7) is 3.82. The minimum Gasteiger partial charge on any atom is -0.335 e. The van der Waals surface area contributed by atoms with Crippen LogP contribution < -0.4 is 0 Å². The summed E-state index contributed by atoms with van der Waals surface area (Å²) in [5.74, 6) is 0. The molecule has 1 rings (SSSR count). The quantitative estimate of drug-likeness (QED) is 0.812. The number of nitrogens with zero attached hydrogens (tertiary/aromatic N) is 2. The van der Waals surface area contributed by atoms with Crippen molar-refractivity contribution in [1.82, 2.24) is 14.3 Å². The van der Waals surface area contributed by atoms with E-state index < -0.39 is 10.0 Å². The van der Waals surface area contributed by atoms with E-state index in [-0.39, 0.29) is 11.1 Å². The predicted octanol–water partition coefficient (Wildman–Crippen LogP) is 0.829. The highest BCUT2D eigenvalue weighted by Crippen LogP contribution is 2.14. The fraction of sp³-hybridized carbons (Fsp3) is 0.625. The normalized spacial score (nSPS) is 14.6. The van der Waals surface area contributed by atoms with Crippen molar-refractivity contribution >= 4 is 10.0 Å². The second-order valence-electron chi connectivity index (χ2n) is 3.19. The standard InChI is InChI=1S/C8H15N3O2S/c1-4-7(2)11(3)14(12,13)8-5-9-6-10-8/h5-7H,4H2,1-3H3,(H,9,10). The molecular formula is C8H15N3O2S.